The van der Waals surface area contributed by atoms with E-state index in [2.05, 4.69) is 0 Å². The lowest BCUT2D eigenvalue weighted by Crippen LogP contribution is -2.52. The molecule has 6 nitrogen and oxygen atoms in total. The number of amides is 1. The zero-order valence-corrected chi connectivity index (χ0v) is 14.0. The number of carbonyl (C=O) groups excluding carboxylic acids is 2. The number of ether oxygens (including phenoxy) is 3. The first-order valence-corrected chi connectivity index (χ1v) is 7.53. The van der Waals surface area contributed by atoms with Crippen molar-refractivity contribution in [2.75, 3.05) is 19.2 Å². The summed E-state index contributed by atoms with van der Waals surface area (Å²) in [6.07, 6.45) is -0.426. The third kappa shape index (κ3) is 4.48. The van der Waals surface area contributed by atoms with E-state index in [0.717, 1.165) is 0 Å². The minimum Gasteiger partial charge on any atom is -0.448 e. The Labute approximate surface area is 130 Å². The Bertz CT molecular complexity index is 395. The predicted molar refractivity (Wildman–Crippen MR) is 78.2 cm³/mol. The van der Waals surface area contributed by atoms with Crippen LogP contribution >= 0.6 is 11.6 Å². The Balaban J connectivity index is 2.95. The van der Waals surface area contributed by atoms with Gasteiger partial charge in [-0.3, -0.25) is 4.90 Å². The second kappa shape index (κ2) is 6.83. The second-order valence-corrected chi connectivity index (χ2v) is 6.41. The van der Waals surface area contributed by atoms with Gasteiger partial charge in [0.25, 0.3) is 0 Å². The molecule has 0 aliphatic carbocycles. The summed E-state index contributed by atoms with van der Waals surface area (Å²) in [5.41, 5.74) is -1.77. The van der Waals surface area contributed by atoms with Crippen LogP contribution in [0.25, 0.3) is 0 Å². The van der Waals surface area contributed by atoms with E-state index >= 15 is 0 Å². The molecule has 2 atom stereocenters. The van der Waals surface area contributed by atoms with Crippen LogP contribution in [0.4, 0.5) is 4.79 Å². The average Bonchev–Trinajstić information content (AvgIpc) is 2.66. The van der Waals surface area contributed by atoms with Gasteiger partial charge in [0.1, 0.15) is 11.1 Å². The summed E-state index contributed by atoms with van der Waals surface area (Å²) in [6, 6.07) is -0.254. The number of halogens is 1. The van der Waals surface area contributed by atoms with Gasteiger partial charge in [-0.05, 0) is 34.6 Å². The number of esters is 1. The number of carbonyl (C=O) groups is 2. The lowest BCUT2D eigenvalue weighted by molar-refractivity contribution is -0.153. The Morgan fingerprint density at radius 2 is 2.00 bits per heavy atom. The molecule has 1 aliphatic rings. The molecular formula is C14H24ClNO5. The molecule has 122 valence electrons. The van der Waals surface area contributed by atoms with Gasteiger partial charge < -0.3 is 14.2 Å². The van der Waals surface area contributed by atoms with Crippen LogP contribution in [-0.2, 0) is 19.0 Å². The Morgan fingerprint density at radius 3 is 2.48 bits per heavy atom. The fourth-order valence-corrected chi connectivity index (χ4v) is 2.46. The highest BCUT2D eigenvalue weighted by Gasteiger charge is 2.52. The predicted octanol–water partition coefficient (Wildman–Crippen LogP) is 2.53. The van der Waals surface area contributed by atoms with Gasteiger partial charge in [0.05, 0.1) is 12.6 Å². The molecule has 0 spiro atoms. The van der Waals surface area contributed by atoms with Crippen LogP contribution in [0.2, 0.25) is 0 Å². The number of alkyl halides is 1. The van der Waals surface area contributed by atoms with Crippen molar-refractivity contribution in [1.82, 2.24) is 4.90 Å². The average molecular weight is 322 g/mol. The maximum atomic E-state index is 12.3. The molecule has 7 heteroatoms. The quantitative estimate of drug-likeness (QED) is 0.588. The molecule has 0 radical (unpaired) electrons. The molecule has 21 heavy (non-hydrogen) atoms. The molecule has 2 unspecified atom stereocenters. The Hall–Kier alpha value is -1.01. The molecule has 1 heterocycles. The molecule has 0 N–H and O–H groups in total. The fourth-order valence-electron chi connectivity index (χ4n) is 2.36. The van der Waals surface area contributed by atoms with Crippen LogP contribution in [-0.4, -0.2) is 53.4 Å². The molecule has 1 saturated heterocycles. The molecular weight excluding hydrogens is 298 g/mol. The monoisotopic (exact) mass is 321 g/mol. The van der Waals surface area contributed by atoms with E-state index in [4.69, 9.17) is 25.8 Å². The van der Waals surface area contributed by atoms with Crippen LogP contribution in [0.1, 0.15) is 41.0 Å². The maximum Gasteiger partial charge on any atom is 0.411 e. The van der Waals surface area contributed by atoms with Crippen molar-refractivity contribution in [1.29, 1.82) is 0 Å². The largest absolute Gasteiger partial charge is 0.448 e. The van der Waals surface area contributed by atoms with Crippen molar-refractivity contribution in [3.63, 3.8) is 0 Å². The van der Waals surface area contributed by atoms with Crippen molar-refractivity contribution >= 4 is 23.7 Å². The van der Waals surface area contributed by atoms with Crippen molar-refractivity contribution in [3.05, 3.63) is 0 Å². The minimum atomic E-state index is -1.13. The molecule has 0 aromatic carbocycles. The van der Waals surface area contributed by atoms with Crippen LogP contribution in [0.15, 0.2) is 0 Å². The lowest BCUT2D eigenvalue weighted by Gasteiger charge is -2.33. The van der Waals surface area contributed by atoms with Gasteiger partial charge in [0.2, 0.25) is 0 Å². The summed E-state index contributed by atoms with van der Waals surface area (Å²) in [5.74, 6) is -0.550. The van der Waals surface area contributed by atoms with E-state index in [1.807, 2.05) is 6.92 Å². The van der Waals surface area contributed by atoms with Crippen molar-refractivity contribution < 1.29 is 23.8 Å². The topological polar surface area (TPSA) is 65.1 Å². The van der Waals surface area contributed by atoms with Gasteiger partial charge in [-0.25, -0.2) is 9.59 Å². The highest BCUT2D eigenvalue weighted by Crippen LogP contribution is 2.33. The first-order valence-electron chi connectivity index (χ1n) is 6.99. The molecule has 0 aromatic rings. The smallest absolute Gasteiger partial charge is 0.411 e. The van der Waals surface area contributed by atoms with E-state index < -0.39 is 23.2 Å². The Morgan fingerprint density at radius 1 is 1.38 bits per heavy atom. The highest BCUT2D eigenvalue weighted by molar-refractivity contribution is 6.17. The third-order valence-electron chi connectivity index (χ3n) is 3.25. The number of likely N-dealkylation sites (tertiary alicyclic amines) is 1. The standard InChI is InChI=1S/C14H24ClNO5/c1-6-19-10-7-14(5,11(17)20-9-15)16(8-10)12(18)21-13(2,3)4/h10H,6-9H2,1-5H3. The van der Waals surface area contributed by atoms with Crippen LogP contribution < -0.4 is 0 Å². The molecule has 1 rings (SSSR count). The number of rotatable bonds is 4. The zero-order valence-electron chi connectivity index (χ0n) is 13.3. The summed E-state index contributed by atoms with van der Waals surface area (Å²) in [4.78, 5) is 25.9. The van der Waals surface area contributed by atoms with Crippen LogP contribution in [0.3, 0.4) is 0 Å². The fraction of sp³-hybridized carbons (Fsp3) is 0.857. The van der Waals surface area contributed by atoms with Gasteiger partial charge >= 0.3 is 12.1 Å². The molecule has 1 aliphatic heterocycles. The molecule has 1 amide bonds. The first-order chi connectivity index (χ1) is 9.64. The normalized spacial score (nSPS) is 25.8. The van der Waals surface area contributed by atoms with E-state index in [-0.39, 0.29) is 18.7 Å². The Kier molecular flexibility index (Phi) is 5.87. The maximum absolute atomic E-state index is 12.3. The number of nitrogens with zero attached hydrogens (tertiary/aromatic N) is 1. The van der Waals surface area contributed by atoms with Crippen molar-refractivity contribution in [2.45, 2.75) is 58.3 Å². The molecule has 0 aromatic heterocycles. The molecule has 0 saturated carbocycles. The highest BCUT2D eigenvalue weighted by atomic mass is 35.5. The molecule has 1 fully saturated rings. The summed E-state index contributed by atoms with van der Waals surface area (Å²) in [7, 11) is 0. The summed E-state index contributed by atoms with van der Waals surface area (Å²) in [5, 5.41) is 0. The van der Waals surface area contributed by atoms with Crippen LogP contribution in [0.5, 0.6) is 0 Å². The van der Waals surface area contributed by atoms with Crippen molar-refractivity contribution in [3.8, 4) is 0 Å². The van der Waals surface area contributed by atoms with Gasteiger partial charge in [-0.2, -0.15) is 0 Å². The SMILES string of the molecule is CCOC1CN(C(=O)OC(C)(C)C)C(C)(C(=O)OCCl)C1. The summed E-state index contributed by atoms with van der Waals surface area (Å²) >= 11 is 5.46. The zero-order chi connectivity index (χ0) is 16.3. The van der Waals surface area contributed by atoms with Crippen molar-refractivity contribution in [2.24, 2.45) is 0 Å². The second-order valence-electron chi connectivity index (χ2n) is 6.19. The number of hydrogen-bond donors (Lipinski definition) is 0. The van der Waals surface area contributed by atoms with E-state index in [1.54, 1.807) is 27.7 Å². The van der Waals surface area contributed by atoms with Crippen LogP contribution in [0, 0.1) is 0 Å². The summed E-state index contributed by atoms with van der Waals surface area (Å²) in [6.45, 7) is 9.62. The number of hydrogen-bond acceptors (Lipinski definition) is 5. The van der Waals surface area contributed by atoms with Gasteiger partial charge in [-0.15, -0.1) is 0 Å². The third-order valence-corrected chi connectivity index (χ3v) is 3.36. The van der Waals surface area contributed by atoms with E-state index in [9.17, 15) is 9.59 Å². The van der Waals surface area contributed by atoms with E-state index in [0.29, 0.717) is 13.0 Å². The van der Waals surface area contributed by atoms with Gasteiger partial charge in [-0.1, -0.05) is 11.6 Å². The van der Waals surface area contributed by atoms with Gasteiger partial charge in [0.15, 0.2) is 6.07 Å². The molecule has 0 bridgehead atoms. The lowest BCUT2D eigenvalue weighted by atomic mass is 9.98. The minimum absolute atomic E-state index is 0.226. The first kappa shape index (κ1) is 18.0. The van der Waals surface area contributed by atoms with E-state index in [1.165, 1.54) is 4.90 Å². The summed E-state index contributed by atoms with van der Waals surface area (Å²) < 4.78 is 15.8. The van der Waals surface area contributed by atoms with Gasteiger partial charge in [0, 0.05) is 13.0 Å².